The third-order valence-corrected chi connectivity index (χ3v) is 5.38. The van der Waals surface area contributed by atoms with Crippen molar-refractivity contribution in [2.45, 2.75) is 25.7 Å². The number of hydrogen-bond donors (Lipinski definition) is 2. The van der Waals surface area contributed by atoms with E-state index >= 15 is 0 Å². The van der Waals surface area contributed by atoms with Crippen molar-refractivity contribution in [3.05, 3.63) is 65.6 Å². The summed E-state index contributed by atoms with van der Waals surface area (Å²) in [6.07, 6.45) is 1.62. The largest absolute Gasteiger partial charge is 0.348 e. The maximum atomic E-state index is 12.7. The Balaban J connectivity index is 1.95. The summed E-state index contributed by atoms with van der Waals surface area (Å²) in [6.45, 7) is 5.66. The summed E-state index contributed by atoms with van der Waals surface area (Å²) in [7, 11) is -3.63. The highest BCUT2D eigenvalue weighted by molar-refractivity contribution is 7.92. The lowest BCUT2D eigenvalue weighted by atomic mass is 10.1. The first-order chi connectivity index (χ1) is 11.4. The van der Waals surface area contributed by atoms with Crippen LogP contribution in [0.1, 0.15) is 16.8 Å². The van der Waals surface area contributed by atoms with E-state index in [2.05, 4.69) is 14.7 Å². The van der Waals surface area contributed by atoms with E-state index in [-0.39, 0.29) is 4.90 Å². The number of aromatic nitrogens is 2. The smallest absolute Gasteiger partial charge is 0.262 e. The summed E-state index contributed by atoms with van der Waals surface area (Å²) < 4.78 is 28.0. The lowest BCUT2D eigenvalue weighted by Crippen LogP contribution is -2.14. The number of sulfonamides is 1. The Kier molecular flexibility index (Phi) is 4.15. The Morgan fingerprint density at radius 1 is 1.04 bits per heavy atom. The lowest BCUT2D eigenvalue weighted by Gasteiger charge is -2.12. The Labute approximate surface area is 141 Å². The van der Waals surface area contributed by atoms with Crippen LogP contribution in [0.2, 0.25) is 0 Å². The molecule has 0 spiro atoms. The minimum Gasteiger partial charge on any atom is -0.348 e. The molecule has 0 atom stereocenters. The lowest BCUT2D eigenvalue weighted by molar-refractivity contribution is 0.600. The van der Waals surface area contributed by atoms with E-state index in [1.165, 1.54) is 0 Å². The molecule has 0 saturated heterocycles. The minimum absolute atomic E-state index is 0.287. The zero-order valence-corrected chi connectivity index (χ0v) is 14.6. The van der Waals surface area contributed by atoms with Crippen LogP contribution in [0.25, 0.3) is 11.3 Å². The third-order valence-electron chi connectivity index (χ3n) is 3.84. The molecule has 0 aliphatic carbocycles. The van der Waals surface area contributed by atoms with E-state index < -0.39 is 10.0 Å². The van der Waals surface area contributed by atoms with Gasteiger partial charge in [0.15, 0.2) is 0 Å². The monoisotopic (exact) mass is 341 g/mol. The van der Waals surface area contributed by atoms with E-state index in [9.17, 15) is 8.42 Å². The van der Waals surface area contributed by atoms with Gasteiger partial charge >= 0.3 is 0 Å². The van der Waals surface area contributed by atoms with Gasteiger partial charge < -0.3 is 4.98 Å². The van der Waals surface area contributed by atoms with Crippen molar-refractivity contribution >= 4 is 15.7 Å². The van der Waals surface area contributed by atoms with E-state index in [0.717, 1.165) is 28.1 Å². The fraction of sp³-hybridized carbons (Fsp3) is 0.167. The number of H-pyrrole nitrogens is 1. The van der Waals surface area contributed by atoms with E-state index in [1.54, 1.807) is 37.5 Å². The predicted octanol–water partition coefficient (Wildman–Crippen LogP) is 3.80. The van der Waals surface area contributed by atoms with Gasteiger partial charge in [0.05, 0.1) is 16.9 Å². The van der Waals surface area contributed by atoms with Gasteiger partial charge in [0, 0.05) is 16.9 Å². The van der Waals surface area contributed by atoms with E-state index in [0.29, 0.717) is 5.69 Å². The molecule has 0 bridgehead atoms. The predicted molar refractivity (Wildman–Crippen MR) is 95.5 cm³/mol. The van der Waals surface area contributed by atoms with Crippen molar-refractivity contribution in [2.75, 3.05) is 4.72 Å². The second-order valence-corrected chi connectivity index (χ2v) is 7.48. The minimum atomic E-state index is -3.63. The second kappa shape index (κ2) is 6.13. The van der Waals surface area contributed by atoms with Gasteiger partial charge in [-0.1, -0.05) is 29.8 Å². The molecule has 24 heavy (non-hydrogen) atoms. The van der Waals surface area contributed by atoms with Crippen LogP contribution in [0.5, 0.6) is 0 Å². The van der Waals surface area contributed by atoms with Crippen molar-refractivity contribution < 1.29 is 8.42 Å². The number of aromatic amines is 1. The Bertz CT molecular complexity index is 991. The van der Waals surface area contributed by atoms with Crippen molar-refractivity contribution in [3.8, 4) is 11.3 Å². The van der Waals surface area contributed by atoms with Crippen molar-refractivity contribution in [1.29, 1.82) is 0 Å². The van der Waals surface area contributed by atoms with Gasteiger partial charge in [-0.2, -0.15) is 0 Å². The molecule has 0 saturated carbocycles. The number of rotatable bonds is 4. The molecule has 0 radical (unpaired) electrons. The molecule has 0 fully saturated rings. The molecule has 2 aromatic carbocycles. The number of imidazole rings is 1. The van der Waals surface area contributed by atoms with Crippen LogP contribution in [0.4, 0.5) is 5.69 Å². The molecule has 1 aromatic heterocycles. The summed E-state index contributed by atoms with van der Waals surface area (Å²) in [4.78, 5) is 7.58. The van der Waals surface area contributed by atoms with E-state index in [1.807, 2.05) is 32.0 Å². The molecule has 0 aliphatic rings. The maximum Gasteiger partial charge on any atom is 0.262 e. The van der Waals surface area contributed by atoms with Gasteiger partial charge in [-0.25, -0.2) is 13.4 Å². The van der Waals surface area contributed by atoms with Crippen molar-refractivity contribution in [1.82, 2.24) is 9.97 Å². The number of benzene rings is 2. The maximum absolute atomic E-state index is 12.7. The first kappa shape index (κ1) is 16.3. The molecule has 1 heterocycles. The SMILES string of the molecule is Cc1ccc(S(=O)(=O)Nc2cccc(-c3nc[nH]c3C)c2)c(C)c1. The van der Waals surface area contributed by atoms with Crippen LogP contribution < -0.4 is 4.72 Å². The van der Waals surface area contributed by atoms with Gasteiger partial charge in [-0.3, -0.25) is 4.72 Å². The number of nitrogens with one attached hydrogen (secondary N) is 2. The van der Waals surface area contributed by atoms with Gasteiger partial charge in [-0.05, 0) is 44.5 Å². The highest BCUT2D eigenvalue weighted by Gasteiger charge is 2.17. The highest BCUT2D eigenvalue weighted by atomic mass is 32.2. The van der Waals surface area contributed by atoms with E-state index in [4.69, 9.17) is 0 Å². The van der Waals surface area contributed by atoms with Crippen LogP contribution in [-0.2, 0) is 10.0 Å². The van der Waals surface area contributed by atoms with Gasteiger partial charge in [-0.15, -0.1) is 0 Å². The molecule has 0 aliphatic heterocycles. The fourth-order valence-corrected chi connectivity index (χ4v) is 3.97. The zero-order valence-electron chi connectivity index (χ0n) is 13.8. The molecule has 2 N–H and O–H groups in total. The molecule has 124 valence electrons. The standard InChI is InChI=1S/C18H19N3O2S/c1-12-7-8-17(13(2)9-12)24(22,23)21-16-6-4-5-15(10-16)18-14(3)19-11-20-18/h4-11,21H,1-3H3,(H,19,20). The number of anilines is 1. The topological polar surface area (TPSA) is 74.8 Å². The number of aryl methyl sites for hydroxylation is 3. The first-order valence-electron chi connectivity index (χ1n) is 7.57. The first-order valence-corrected chi connectivity index (χ1v) is 9.05. The molecule has 0 amide bonds. The summed E-state index contributed by atoms with van der Waals surface area (Å²) >= 11 is 0. The highest BCUT2D eigenvalue weighted by Crippen LogP contribution is 2.25. The number of hydrogen-bond acceptors (Lipinski definition) is 3. The summed E-state index contributed by atoms with van der Waals surface area (Å²) in [5.74, 6) is 0. The molecule has 5 nitrogen and oxygen atoms in total. The Morgan fingerprint density at radius 3 is 2.50 bits per heavy atom. The molecular formula is C18H19N3O2S. The average Bonchev–Trinajstić information content (AvgIpc) is 2.92. The summed E-state index contributed by atoms with van der Waals surface area (Å²) in [6, 6.07) is 12.5. The van der Waals surface area contributed by atoms with Crippen molar-refractivity contribution in [3.63, 3.8) is 0 Å². The van der Waals surface area contributed by atoms with Gasteiger partial charge in [0.2, 0.25) is 0 Å². The Hall–Kier alpha value is -2.60. The molecular weight excluding hydrogens is 322 g/mol. The van der Waals surface area contributed by atoms with Gasteiger partial charge in [0.1, 0.15) is 0 Å². The molecule has 6 heteroatoms. The summed E-state index contributed by atoms with van der Waals surface area (Å²) in [5.41, 5.74) is 4.86. The van der Waals surface area contributed by atoms with Crippen LogP contribution >= 0.6 is 0 Å². The normalized spacial score (nSPS) is 11.5. The second-order valence-electron chi connectivity index (χ2n) is 5.83. The molecule has 0 unspecified atom stereocenters. The summed E-state index contributed by atoms with van der Waals surface area (Å²) in [5, 5.41) is 0. The molecule has 3 rings (SSSR count). The Morgan fingerprint density at radius 2 is 1.83 bits per heavy atom. The van der Waals surface area contributed by atoms with Crippen LogP contribution in [0.15, 0.2) is 53.7 Å². The molecule has 3 aromatic rings. The zero-order chi connectivity index (χ0) is 17.3. The van der Waals surface area contributed by atoms with Crippen LogP contribution in [0, 0.1) is 20.8 Å². The number of nitrogens with zero attached hydrogens (tertiary/aromatic N) is 1. The quantitative estimate of drug-likeness (QED) is 0.758. The van der Waals surface area contributed by atoms with Gasteiger partial charge in [0.25, 0.3) is 10.0 Å². The van der Waals surface area contributed by atoms with Crippen LogP contribution in [0.3, 0.4) is 0 Å². The fourth-order valence-electron chi connectivity index (χ4n) is 2.69. The third kappa shape index (κ3) is 3.19. The van der Waals surface area contributed by atoms with Crippen molar-refractivity contribution in [2.24, 2.45) is 0 Å². The average molecular weight is 341 g/mol. The van der Waals surface area contributed by atoms with Crippen LogP contribution in [-0.4, -0.2) is 18.4 Å².